The predicted octanol–water partition coefficient (Wildman–Crippen LogP) is 0.851. The van der Waals surface area contributed by atoms with Crippen LogP contribution in [0.1, 0.15) is 11.1 Å². The second-order valence-corrected chi connectivity index (χ2v) is 3.76. The lowest BCUT2D eigenvalue weighted by Crippen LogP contribution is -2.15. The Morgan fingerprint density at radius 3 is 2.69 bits per heavy atom. The molecule has 16 heavy (non-hydrogen) atoms. The monoisotopic (exact) mass is 223 g/mol. The van der Waals surface area contributed by atoms with Crippen LogP contribution in [0.2, 0.25) is 0 Å². The van der Waals surface area contributed by atoms with Crippen LogP contribution in [0.5, 0.6) is 5.75 Å². The minimum absolute atomic E-state index is 0.0493. The predicted molar refractivity (Wildman–Crippen MR) is 62.9 cm³/mol. The first-order chi connectivity index (χ1) is 7.58. The van der Waals surface area contributed by atoms with Gasteiger partial charge in [-0.1, -0.05) is 11.2 Å². The van der Waals surface area contributed by atoms with Crippen molar-refractivity contribution in [1.29, 1.82) is 0 Å². The van der Waals surface area contributed by atoms with Gasteiger partial charge in [-0.25, -0.2) is 0 Å². The van der Waals surface area contributed by atoms with Crippen molar-refractivity contribution in [3.8, 4) is 5.75 Å². The lowest BCUT2D eigenvalue weighted by molar-refractivity contribution is 0.318. The Bertz CT molecular complexity index is 389. The molecule has 0 aliphatic rings. The van der Waals surface area contributed by atoms with E-state index in [2.05, 4.69) is 10.1 Å². The molecule has 0 fully saturated rings. The zero-order valence-corrected chi connectivity index (χ0v) is 9.77. The van der Waals surface area contributed by atoms with Gasteiger partial charge in [0.2, 0.25) is 0 Å². The third-order valence-electron chi connectivity index (χ3n) is 2.15. The molecule has 1 aromatic carbocycles. The van der Waals surface area contributed by atoms with Crippen molar-refractivity contribution >= 4 is 5.84 Å². The topological polar surface area (TPSA) is 71.1 Å². The molecule has 0 aliphatic carbocycles. The third kappa shape index (κ3) is 2.87. The lowest BCUT2D eigenvalue weighted by Gasteiger charge is -2.12. The van der Waals surface area contributed by atoms with Crippen molar-refractivity contribution < 1.29 is 9.94 Å². The number of ether oxygens (including phenoxy) is 1. The van der Waals surface area contributed by atoms with Crippen LogP contribution in [0.4, 0.5) is 0 Å². The number of nitrogens with zero attached hydrogens (tertiary/aromatic N) is 2. The van der Waals surface area contributed by atoms with E-state index in [4.69, 9.17) is 15.7 Å². The van der Waals surface area contributed by atoms with Gasteiger partial charge >= 0.3 is 0 Å². The van der Waals surface area contributed by atoms with E-state index >= 15 is 0 Å². The molecule has 3 N–H and O–H groups in total. The highest BCUT2D eigenvalue weighted by atomic mass is 16.5. The summed E-state index contributed by atoms with van der Waals surface area (Å²) in [6.07, 6.45) is 0. The summed E-state index contributed by atoms with van der Waals surface area (Å²) >= 11 is 0. The Balaban J connectivity index is 3.07. The first-order valence-electron chi connectivity index (χ1n) is 4.88. The Morgan fingerprint density at radius 2 is 2.19 bits per heavy atom. The van der Waals surface area contributed by atoms with Gasteiger partial charge in [-0.15, -0.1) is 0 Å². The van der Waals surface area contributed by atoms with Crippen molar-refractivity contribution in [3.63, 3.8) is 0 Å². The first-order valence-corrected chi connectivity index (χ1v) is 4.88. The average molecular weight is 223 g/mol. The van der Waals surface area contributed by atoms with Crippen molar-refractivity contribution in [3.05, 3.63) is 29.3 Å². The van der Waals surface area contributed by atoms with E-state index in [1.165, 1.54) is 0 Å². The van der Waals surface area contributed by atoms with Gasteiger partial charge in [0.1, 0.15) is 5.75 Å². The van der Waals surface area contributed by atoms with Gasteiger partial charge in [0, 0.05) is 6.54 Å². The minimum atomic E-state index is 0.0493. The van der Waals surface area contributed by atoms with E-state index in [1.54, 1.807) is 13.2 Å². The maximum absolute atomic E-state index is 8.62. The highest BCUT2D eigenvalue weighted by Crippen LogP contribution is 2.20. The van der Waals surface area contributed by atoms with Gasteiger partial charge in [-0.2, -0.15) is 0 Å². The fourth-order valence-corrected chi connectivity index (χ4v) is 1.46. The number of hydrogen-bond donors (Lipinski definition) is 2. The van der Waals surface area contributed by atoms with Crippen molar-refractivity contribution in [2.45, 2.75) is 6.54 Å². The highest BCUT2D eigenvalue weighted by molar-refractivity contribution is 5.99. The summed E-state index contributed by atoms with van der Waals surface area (Å²) < 4.78 is 5.20. The van der Waals surface area contributed by atoms with Gasteiger partial charge in [0.25, 0.3) is 0 Å². The maximum atomic E-state index is 8.62. The van der Waals surface area contributed by atoms with Crippen molar-refractivity contribution in [2.75, 3.05) is 21.2 Å². The van der Waals surface area contributed by atoms with E-state index in [-0.39, 0.29) is 5.84 Å². The van der Waals surface area contributed by atoms with Crippen LogP contribution >= 0.6 is 0 Å². The van der Waals surface area contributed by atoms with E-state index in [0.717, 1.165) is 12.1 Å². The minimum Gasteiger partial charge on any atom is -0.496 e. The van der Waals surface area contributed by atoms with Gasteiger partial charge in [-0.3, -0.25) is 0 Å². The third-order valence-corrected chi connectivity index (χ3v) is 2.15. The molecule has 0 radical (unpaired) electrons. The van der Waals surface area contributed by atoms with Crippen LogP contribution in [-0.4, -0.2) is 37.1 Å². The largest absolute Gasteiger partial charge is 0.496 e. The fraction of sp³-hybridized carbons (Fsp3) is 0.364. The molecule has 0 bridgehead atoms. The second kappa shape index (κ2) is 5.37. The van der Waals surface area contributed by atoms with Gasteiger partial charge in [0.15, 0.2) is 5.84 Å². The molecular weight excluding hydrogens is 206 g/mol. The standard InChI is InChI=1S/C11H17N3O2/c1-14(2)7-8-4-5-9(11(12)13-15)10(6-8)16-3/h4-6,15H,7H2,1-3H3,(H2,12,13). The van der Waals surface area contributed by atoms with Crippen LogP contribution < -0.4 is 10.5 Å². The van der Waals surface area contributed by atoms with Crippen molar-refractivity contribution in [2.24, 2.45) is 10.9 Å². The number of benzene rings is 1. The molecule has 0 aromatic heterocycles. The molecule has 0 unspecified atom stereocenters. The number of rotatable bonds is 4. The van der Waals surface area contributed by atoms with Crippen molar-refractivity contribution in [1.82, 2.24) is 4.90 Å². The molecule has 0 heterocycles. The summed E-state index contributed by atoms with van der Waals surface area (Å²) in [7, 11) is 5.54. The smallest absolute Gasteiger partial charge is 0.173 e. The average Bonchev–Trinajstić information content (AvgIpc) is 2.27. The molecule has 0 saturated carbocycles. The van der Waals surface area contributed by atoms with E-state index in [1.807, 2.05) is 26.2 Å². The van der Waals surface area contributed by atoms with Crippen LogP contribution in [-0.2, 0) is 6.54 Å². The van der Waals surface area contributed by atoms with E-state index in [0.29, 0.717) is 11.3 Å². The lowest BCUT2D eigenvalue weighted by atomic mass is 10.1. The Labute approximate surface area is 95.1 Å². The fourth-order valence-electron chi connectivity index (χ4n) is 1.46. The summed E-state index contributed by atoms with van der Waals surface area (Å²) in [5, 5.41) is 11.6. The maximum Gasteiger partial charge on any atom is 0.173 e. The van der Waals surface area contributed by atoms with Crippen LogP contribution in [0, 0.1) is 0 Å². The zero-order valence-electron chi connectivity index (χ0n) is 9.77. The Kier molecular flexibility index (Phi) is 4.13. The first kappa shape index (κ1) is 12.3. The summed E-state index contributed by atoms with van der Waals surface area (Å²) in [4.78, 5) is 2.05. The molecule has 0 atom stereocenters. The molecule has 0 spiro atoms. The molecule has 5 nitrogen and oxygen atoms in total. The van der Waals surface area contributed by atoms with E-state index < -0.39 is 0 Å². The molecule has 1 rings (SSSR count). The molecular formula is C11H17N3O2. The zero-order chi connectivity index (χ0) is 12.1. The summed E-state index contributed by atoms with van der Waals surface area (Å²) in [6, 6.07) is 5.59. The van der Waals surface area contributed by atoms with Crippen LogP contribution in [0.3, 0.4) is 0 Å². The number of amidine groups is 1. The number of hydrogen-bond acceptors (Lipinski definition) is 4. The number of methoxy groups -OCH3 is 1. The molecule has 88 valence electrons. The molecule has 5 heteroatoms. The second-order valence-electron chi connectivity index (χ2n) is 3.76. The van der Waals surface area contributed by atoms with E-state index in [9.17, 15) is 0 Å². The Hall–Kier alpha value is -1.75. The number of oxime groups is 1. The van der Waals surface area contributed by atoms with Crippen LogP contribution in [0.25, 0.3) is 0 Å². The quantitative estimate of drug-likeness (QED) is 0.343. The SMILES string of the molecule is COc1cc(CN(C)C)ccc1/C(N)=N/O. The summed E-state index contributed by atoms with van der Waals surface area (Å²) in [6.45, 7) is 0.812. The van der Waals surface area contributed by atoms with Gasteiger partial charge < -0.3 is 20.6 Å². The molecule has 0 amide bonds. The van der Waals surface area contributed by atoms with Gasteiger partial charge in [0.05, 0.1) is 12.7 Å². The summed E-state index contributed by atoms with van der Waals surface area (Å²) in [5.41, 5.74) is 7.23. The Morgan fingerprint density at radius 1 is 1.50 bits per heavy atom. The normalized spacial score (nSPS) is 11.9. The van der Waals surface area contributed by atoms with Crippen LogP contribution in [0.15, 0.2) is 23.4 Å². The molecule has 1 aromatic rings. The van der Waals surface area contributed by atoms with Gasteiger partial charge in [-0.05, 0) is 31.8 Å². The summed E-state index contributed by atoms with van der Waals surface area (Å²) in [5.74, 6) is 0.655. The number of nitrogens with two attached hydrogens (primary N) is 1. The molecule has 0 saturated heterocycles. The highest BCUT2D eigenvalue weighted by Gasteiger charge is 2.08. The molecule has 0 aliphatic heterocycles.